The molecule has 0 fully saturated rings. The lowest BCUT2D eigenvalue weighted by atomic mass is 10.1. The SMILES string of the molecule is CC(C)C(=O)CNC(=O)c1ccncc1O. The van der Waals surface area contributed by atoms with E-state index >= 15 is 0 Å². The van der Waals surface area contributed by atoms with E-state index < -0.39 is 5.91 Å². The zero-order valence-corrected chi connectivity index (χ0v) is 9.23. The van der Waals surface area contributed by atoms with E-state index in [-0.39, 0.29) is 29.6 Å². The normalized spacial score (nSPS) is 10.2. The van der Waals surface area contributed by atoms with Crippen LogP contribution in [-0.2, 0) is 4.79 Å². The van der Waals surface area contributed by atoms with Gasteiger partial charge in [0.2, 0.25) is 0 Å². The first-order valence-electron chi connectivity index (χ1n) is 4.96. The van der Waals surface area contributed by atoms with Crippen LogP contribution in [0.15, 0.2) is 18.5 Å². The molecule has 5 heteroatoms. The molecule has 1 rings (SSSR count). The van der Waals surface area contributed by atoms with Crippen molar-refractivity contribution < 1.29 is 14.7 Å². The standard InChI is InChI=1S/C11H14N2O3/c1-7(2)9(14)6-13-11(16)8-3-4-12-5-10(8)15/h3-5,7,15H,6H2,1-2H3,(H,13,16). The van der Waals surface area contributed by atoms with Crippen LogP contribution in [0.2, 0.25) is 0 Å². The second kappa shape index (κ2) is 5.25. The number of hydrogen-bond acceptors (Lipinski definition) is 4. The third kappa shape index (κ3) is 3.05. The van der Waals surface area contributed by atoms with Crippen LogP contribution >= 0.6 is 0 Å². The first kappa shape index (κ1) is 12.2. The topological polar surface area (TPSA) is 79.3 Å². The summed E-state index contributed by atoms with van der Waals surface area (Å²) < 4.78 is 0. The Balaban J connectivity index is 2.60. The van der Waals surface area contributed by atoms with Gasteiger partial charge in [-0.1, -0.05) is 13.8 Å². The maximum Gasteiger partial charge on any atom is 0.255 e. The van der Waals surface area contributed by atoms with Crippen LogP contribution in [0.5, 0.6) is 5.75 Å². The largest absolute Gasteiger partial charge is 0.505 e. The molecule has 86 valence electrons. The molecule has 1 heterocycles. The summed E-state index contributed by atoms with van der Waals surface area (Å²) in [6, 6.07) is 1.39. The number of amides is 1. The lowest BCUT2D eigenvalue weighted by molar-refractivity contribution is -0.120. The van der Waals surface area contributed by atoms with Crippen LogP contribution in [0.1, 0.15) is 24.2 Å². The Hall–Kier alpha value is -1.91. The van der Waals surface area contributed by atoms with Crippen molar-refractivity contribution in [2.75, 3.05) is 6.54 Å². The molecule has 0 atom stereocenters. The van der Waals surface area contributed by atoms with Crippen LogP contribution in [0, 0.1) is 5.92 Å². The molecule has 16 heavy (non-hydrogen) atoms. The average Bonchev–Trinajstić information content (AvgIpc) is 2.25. The van der Waals surface area contributed by atoms with Gasteiger partial charge in [-0.25, -0.2) is 0 Å². The predicted octanol–water partition coefficient (Wildman–Crippen LogP) is 0.742. The van der Waals surface area contributed by atoms with Crippen molar-refractivity contribution in [3.8, 4) is 5.75 Å². The van der Waals surface area contributed by atoms with Gasteiger partial charge < -0.3 is 10.4 Å². The van der Waals surface area contributed by atoms with E-state index in [2.05, 4.69) is 10.3 Å². The molecule has 0 aliphatic heterocycles. The van der Waals surface area contributed by atoms with Gasteiger partial charge in [0.1, 0.15) is 5.75 Å². The minimum absolute atomic E-state index is 0.0295. The van der Waals surface area contributed by atoms with Crippen molar-refractivity contribution in [3.05, 3.63) is 24.0 Å². The molecule has 1 aromatic heterocycles. The van der Waals surface area contributed by atoms with Gasteiger partial charge in [0.25, 0.3) is 5.91 Å². The Morgan fingerprint density at radius 3 is 2.75 bits per heavy atom. The van der Waals surface area contributed by atoms with Gasteiger partial charge in [-0.2, -0.15) is 0 Å². The van der Waals surface area contributed by atoms with Crippen molar-refractivity contribution >= 4 is 11.7 Å². The molecule has 0 spiro atoms. The van der Waals surface area contributed by atoms with Gasteiger partial charge in [-0.3, -0.25) is 14.6 Å². The summed E-state index contributed by atoms with van der Waals surface area (Å²) in [5.41, 5.74) is 0.117. The summed E-state index contributed by atoms with van der Waals surface area (Å²) in [7, 11) is 0. The molecule has 5 nitrogen and oxygen atoms in total. The van der Waals surface area contributed by atoms with Crippen molar-refractivity contribution in [2.24, 2.45) is 5.92 Å². The molecule has 0 saturated carbocycles. The van der Waals surface area contributed by atoms with E-state index in [1.54, 1.807) is 13.8 Å². The minimum Gasteiger partial charge on any atom is -0.505 e. The maximum absolute atomic E-state index is 11.5. The van der Waals surface area contributed by atoms with Gasteiger partial charge in [-0.05, 0) is 6.07 Å². The minimum atomic E-state index is -0.478. The summed E-state index contributed by atoms with van der Waals surface area (Å²) in [5, 5.41) is 11.8. The lowest BCUT2D eigenvalue weighted by Gasteiger charge is -2.07. The van der Waals surface area contributed by atoms with Gasteiger partial charge in [0, 0.05) is 12.1 Å². The van der Waals surface area contributed by atoms with E-state index in [0.717, 1.165) is 0 Å². The highest BCUT2D eigenvalue weighted by Crippen LogP contribution is 2.13. The first-order valence-corrected chi connectivity index (χ1v) is 4.96. The second-order valence-electron chi connectivity index (χ2n) is 3.70. The van der Waals surface area contributed by atoms with E-state index in [4.69, 9.17) is 0 Å². The third-order valence-electron chi connectivity index (χ3n) is 2.11. The monoisotopic (exact) mass is 222 g/mol. The highest BCUT2D eigenvalue weighted by molar-refractivity contribution is 5.98. The summed E-state index contributed by atoms with van der Waals surface area (Å²) in [4.78, 5) is 26.5. The molecule has 0 radical (unpaired) electrons. The van der Waals surface area contributed by atoms with Gasteiger partial charge in [0.05, 0.1) is 18.3 Å². The molecular formula is C11H14N2O3. The van der Waals surface area contributed by atoms with Crippen LogP contribution in [0.25, 0.3) is 0 Å². The number of aromatic hydroxyl groups is 1. The Kier molecular flexibility index (Phi) is 3.99. The number of pyridine rings is 1. The number of carbonyl (C=O) groups excluding carboxylic acids is 2. The number of aromatic nitrogens is 1. The van der Waals surface area contributed by atoms with E-state index in [0.29, 0.717) is 0 Å². The zero-order chi connectivity index (χ0) is 12.1. The summed E-state index contributed by atoms with van der Waals surface area (Å²) in [6.45, 7) is 3.50. The van der Waals surface area contributed by atoms with Crippen LogP contribution in [0.3, 0.4) is 0 Å². The first-order chi connectivity index (χ1) is 7.52. The molecule has 0 aliphatic rings. The van der Waals surface area contributed by atoms with Crippen molar-refractivity contribution in [3.63, 3.8) is 0 Å². The highest BCUT2D eigenvalue weighted by Gasteiger charge is 2.13. The van der Waals surface area contributed by atoms with E-state index in [9.17, 15) is 14.7 Å². The van der Waals surface area contributed by atoms with Gasteiger partial charge in [-0.15, -0.1) is 0 Å². The van der Waals surface area contributed by atoms with Crippen LogP contribution in [0.4, 0.5) is 0 Å². The number of ketones is 1. The molecule has 1 aromatic rings. The number of nitrogens with zero attached hydrogens (tertiary/aromatic N) is 1. The van der Waals surface area contributed by atoms with E-state index in [1.165, 1.54) is 18.5 Å². The average molecular weight is 222 g/mol. The van der Waals surface area contributed by atoms with Crippen molar-refractivity contribution in [1.82, 2.24) is 10.3 Å². The summed E-state index contributed by atoms with van der Waals surface area (Å²) >= 11 is 0. The number of Topliss-reactive ketones (excluding diaryl/α,β-unsaturated/α-hetero) is 1. The van der Waals surface area contributed by atoms with Gasteiger partial charge in [0.15, 0.2) is 5.78 Å². The molecule has 0 bridgehead atoms. The van der Waals surface area contributed by atoms with E-state index in [1.807, 2.05) is 0 Å². The third-order valence-corrected chi connectivity index (χ3v) is 2.11. The predicted molar refractivity (Wildman–Crippen MR) is 58.1 cm³/mol. The smallest absolute Gasteiger partial charge is 0.255 e. The molecule has 0 unspecified atom stereocenters. The molecular weight excluding hydrogens is 208 g/mol. The lowest BCUT2D eigenvalue weighted by Crippen LogP contribution is -2.31. The second-order valence-corrected chi connectivity index (χ2v) is 3.70. The zero-order valence-electron chi connectivity index (χ0n) is 9.23. The molecule has 0 saturated heterocycles. The van der Waals surface area contributed by atoms with Crippen LogP contribution < -0.4 is 5.32 Å². The molecule has 1 amide bonds. The Morgan fingerprint density at radius 2 is 2.19 bits per heavy atom. The number of carbonyl (C=O) groups is 2. The maximum atomic E-state index is 11.5. The Labute approximate surface area is 93.5 Å². The number of nitrogens with one attached hydrogen (secondary N) is 1. The van der Waals surface area contributed by atoms with Crippen molar-refractivity contribution in [1.29, 1.82) is 0 Å². The highest BCUT2D eigenvalue weighted by atomic mass is 16.3. The Morgan fingerprint density at radius 1 is 1.50 bits per heavy atom. The fourth-order valence-corrected chi connectivity index (χ4v) is 1.04. The fourth-order valence-electron chi connectivity index (χ4n) is 1.04. The summed E-state index contributed by atoms with van der Waals surface area (Å²) in [5.74, 6) is -0.848. The summed E-state index contributed by atoms with van der Waals surface area (Å²) in [6.07, 6.45) is 2.58. The quantitative estimate of drug-likeness (QED) is 0.787. The Bertz CT molecular complexity index is 402. The van der Waals surface area contributed by atoms with Gasteiger partial charge >= 0.3 is 0 Å². The fraction of sp³-hybridized carbons (Fsp3) is 0.364. The molecule has 0 aliphatic carbocycles. The van der Waals surface area contributed by atoms with Crippen molar-refractivity contribution in [2.45, 2.75) is 13.8 Å². The molecule has 2 N–H and O–H groups in total. The van der Waals surface area contributed by atoms with Crippen LogP contribution in [-0.4, -0.2) is 28.3 Å². The number of rotatable bonds is 4. The molecule has 0 aromatic carbocycles. The number of hydrogen-bond donors (Lipinski definition) is 2.